The lowest BCUT2D eigenvalue weighted by atomic mass is 10.1. The third kappa shape index (κ3) is 2.70. The minimum atomic E-state index is 0.843. The van der Waals surface area contributed by atoms with Crippen LogP contribution >= 0.6 is 0 Å². The molecule has 1 saturated carbocycles. The Morgan fingerprint density at radius 2 is 1.76 bits per heavy atom. The Balaban J connectivity index is 1.49. The Hall–Kier alpha value is -0.860. The van der Waals surface area contributed by atoms with Crippen molar-refractivity contribution in [1.82, 2.24) is 9.80 Å². The minimum absolute atomic E-state index is 0.843. The first-order valence-corrected chi connectivity index (χ1v) is 6.79. The van der Waals surface area contributed by atoms with Crippen molar-refractivity contribution in [2.24, 2.45) is 5.92 Å². The molecule has 1 heterocycles. The first kappa shape index (κ1) is 11.2. The Kier molecular flexibility index (Phi) is 3.17. The van der Waals surface area contributed by atoms with Crippen LogP contribution < -0.4 is 0 Å². The summed E-state index contributed by atoms with van der Waals surface area (Å²) in [5, 5.41) is 0. The summed E-state index contributed by atoms with van der Waals surface area (Å²) in [6.07, 6.45) is 1.40. The molecule has 0 radical (unpaired) electrons. The lowest BCUT2D eigenvalue weighted by molar-refractivity contribution is 0.148. The lowest BCUT2D eigenvalue weighted by Crippen LogP contribution is -2.45. The predicted molar refractivity (Wildman–Crippen MR) is 71.2 cm³/mol. The van der Waals surface area contributed by atoms with E-state index in [1.807, 2.05) is 0 Å². The fraction of sp³-hybridized carbons (Fsp3) is 0.600. The Morgan fingerprint density at radius 3 is 2.47 bits per heavy atom. The molecule has 17 heavy (non-hydrogen) atoms. The molecule has 2 heteroatoms. The van der Waals surface area contributed by atoms with Crippen molar-refractivity contribution in [2.75, 3.05) is 39.8 Å². The van der Waals surface area contributed by atoms with Crippen molar-refractivity contribution < 1.29 is 0 Å². The third-order valence-electron chi connectivity index (χ3n) is 4.24. The molecule has 0 aromatic heterocycles. The van der Waals surface area contributed by atoms with Gasteiger partial charge in [-0.15, -0.1) is 0 Å². The minimum Gasteiger partial charge on any atom is -0.304 e. The highest BCUT2D eigenvalue weighted by Gasteiger charge is 2.39. The normalized spacial score (nSPS) is 30.4. The van der Waals surface area contributed by atoms with Crippen molar-refractivity contribution in [2.45, 2.75) is 12.3 Å². The van der Waals surface area contributed by atoms with Gasteiger partial charge in [0.15, 0.2) is 0 Å². The van der Waals surface area contributed by atoms with Crippen LogP contribution in [-0.2, 0) is 0 Å². The van der Waals surface area contributed by atoms with Crippen LogP contribution in [-0.4, -0.2) is 49.6 Å². The van der Waals surface area contributed by atoms with Crippen LogP contribution in [0, 0.1) is 5.92 Å². The summed E-state index contributed by atoms with van der Waals surface area (Å²) in [5.41, 5.74) is 1.55. The van der Waals surface area contributed by atoms with E-state index in [1.165, 1.54) is 39.1 Å². The standard InChI is InChI=1S/C15H22N2/c1-16-7-9-17(10-8-16)12-14-11-15(14)13-5-3-2-4-6-13/h2-6,14-15H,7-12H2,1H3/t14-,15-/m1/s1. The molecule has 2 aliphatic rings. The van der Waals surface area contributed by atoms with E-state index in [0.29, 0.717) is 0 Å². The molecular formula is C15H22N2. The van der Waals surface area contributed by atoms with E-state index < -0.39 is 0 Å². The van der Waals surface area contributed by atoms with Crippen molar-refractivity contribution in [3.63, 3.8) is 0 Å². The van der Waals surface area contributed by atoms with E-state index in [1.54, 1.807) is 5.56 Å². The molecule has 3 rings (SSSR count). The molecular weight excluding hydrogens is 208 g/mol. The fourth-order valence-corrected chi connectivity index (χ4v) is 2.92. The lowest BCUT2D eigenvalue weighted by Gasteiger charge is -2.32. The summed E-state index contributed by atoms with van der Waals surface area (Å²) < 4.78 is 0. The number of hydrogen-bond acceptors (Lipinski definition) is 2. The molecule has 0 amide bonds. The summed E-state index contributed by atoms with van der Waals surface area (Å²) in [7, 11) is 2.22. The molecule has 2 atom stereocenters. The van der Waals surface area contributed by atoms with Crippen molar-refractivity contribution in [1.29, 1.82) is 0 Å². The summed E-state index contributed by atoms with van der Waals surface area (Å²) in [6.45, 7) is 6.31. The molecule has 2 nitrogen and oxygen atoms in total. The monoisotopic (exact) mass is 230 g/mol. The molecule has 1 aromatic rings. The molecule has 0 spiro atoms. The van der Waals surface area contributed by atoms with E-state index in [9.17, 15) is 0 Å². The van der Waals surface area contributed by atoms with Gasteiger partial charge in [0, 0.05) is 32.7 Å². The SMILES string of the molecule is CN1CCN(C[C@H]2C[C@@H]2c2ccccc2)CC1. The fourth-order valence-electron chi connectivity index (χ4n) is 2.92. The van der Waals surface area contributed by atoms with Gasteiger partial charge in [-0.3, -0.25) is 0 Å². The highest BCUT2D eigenvalue weighted by molar-refractivity contribution is 5.25. The maximum atomic E-state index is 2.65. The molecule has 1 saturated heterocycles. The van der Waals surface area contributed by atoms with Gasteiger partial charge in [-0.1, -0.05) is 30.3 Å². The highest BCUT2D eigenvalue weighted by Crippen LogP contribution is 2.47. The molecule has 0 N–H and O–H groups in total. The predicted octanol–water partition coefficient (Wildman–Crippen LogP) is 2.04. The summed E-state index contributed by atoms with van der Waals surface area (Å²) in [6, 6.07) is 11.0. The van der Waals surface area contributed by atoms with Crippen LogP contribution in [0.4, 0.5) is 0 Å². The zero-order valence-electron chi connectivity index (χ0n) is 10.7. The zero-order valence-corrected chi connectivity index (χ0v) is 10.7. The first-order valence-electron chi connectivity index (χ1n) is 6.79. The molecule has 1 aliphatic heterocycles. The molecule has 92 valence electrons. The largest absolute Gasteiger partial charge is 0.304 e. The molecule has 0 unspecified atom stereocenters. The van der Waals surface area contributed by atoms with Gasteiger partial charge in [-0.05, 0) is 30.9 Å². The summed E-state index contributed by atoms with van der Waals surface area (Å²) in [5.74, 6) is 1.76. The smallest absolute Gasteiger partial charge is 0.0110 e. The Labute approximate surface area is 104 Å². The topological polar surface area (TPSA) is 6.48 Å². The van der Waals surface area contributed by atoms with E-state index in [4.69, 9.17) is 0 Å². The van der Waals surface area contributed by atoms with Gasteiger partial charge in [0.05, 0.1) is 0 Å². The van der Waals surface area contributed by atoms with Crippen molar-refractivity contribution >= 4 is 0 Å². The van der Waals surface area contributed by atoms with Gasteiger partial charge < -0.3 is 9.80 Å². The van der Waals surface area contributed by atoms with Crippen LogP contribution in [0.3, 0.4) is 0 Å². The number of hydrogen-bond donors (Lipinski definition) is 0. The van der Waals surface area contributed by atoms with Gasteiger partial charge in [0.2, 0.25) is 0 Å². The second kappa shape index (κ2) is 4.79. The Morgan fingerprint density at radius 1 is 1.06 bits per heavy atom. The maximum absolute atomic E-state index is 2.65. The van der Waals surface area contributed by atoms with Crippen LogP contribution in [0.1, 0.15) is 17.9 Å². The number of likely N-dealkylation sites (N-methyl/N-ethyl adjacent to an activating group) is 1. The number of benzene rings is 1. The number of nitrogens with zero attached hydrogens (tertiary/aromatic N) is 2. The third-order valence-corrected chi connectivity index (χ3v) is 4.24. The van der Waals surface area contributed by atoms with Crippen LogP contribution in [0.5, 0.6) is 0 Å². The van der Waals surface area contributed by atoms with E-state index in [0.717, 1.165) is 11.8 Å². The van der Waals surface area contributed by atoms with Gasteiger partial charge in [-0.2, -0.15) is 0 Å². The van der Waals surface area contributed by atoms with Crippen LogP contribution in [0.15, 0.2) is 30.3 Å². The van der Waals surface area contributed by atoms with Gasteiger partial charge in [0.25, 0.3) is 0 Å². The maximum Gasteiger partial charge on any atom is 0.0110 e. The average molecular weight is 230 g/mol. The second-order valence-corrected chi connectivity index (χ2v) is 5.62. The van der Waals surface area contributed by atoms with Gasteiger partial charge in [-0.25, -0.2) is 0 Å². The zero-order chi connectivity index (χ0) is 11.7. The molecule has 0 bridgehead atoms. The summed E-state index contributed by atoms with van der Waals surface area (Å²) >= 11 is 0. The quantitative estimate of drug-likeness (QED) is 0.784. The molecule has 1 aliphatic carbocycles. The number of piperazine rings is 1. The van der Waals surface area contributed by atoms with E-state index in [2.05, 4.69) is 47.2 Å². The van der Waals surface area contributed by atoms with Gasteiger partial charge >= 0.3 is 0 Å². The Bertz CT molecular complexity index is 354. The molecule has 1 aromatic carbocycles. The average Bonchev–Trinajstić information content (AvgIpc) is 3.13. The highest BCUT2D eigenvalue weighted by atomic mass is 15.2. The van der Waals surface area contributed by atoms with Crippen LogP contribution in [0.25, 0.3) is 0 Å². The van der Waals surface area contributed by atoms with Crippen molar-refractivity contribution in [3.05, 3.63) is 35.9 Å². The molecule has 2 fully saturated rings. The first-order chi connectivity index (χ1) is 8.33. The number of rotatable bonds is 3. The van der Waals surface area contributed by atoms with Crippen molar-refractivity contribution in [3.8, 4) is 0 Å². The van der Waals surface area contributed by atoms with Crippen LogP contribution in [0.2, 0.25) is 0 Å². The van der Waals surface area contributed by atoms with E-state index >= 15 is 0 Å². The summed E-state index contributed by atoms with van der Waals surface area (Å²) in [4.78, 5) is 5.08. The van der Waals surface area contributed by atoms with E-state index in [-0.39, 0.29) is 0 Å². The second-order valence-electron chi connectivity index (χ2n) is 5.62. The van der Waals surface area contributed by atoms with Gasteiger partial charge in [0.1, 0.15) is 0 Å².